The molecule has 0 saturated carbocycles. The Morgan fingerprint density at radius 1 is 1.50 bits per heavy atom. The maximum absolute atomic E-state index is 13.0. The summed E-state index contributed by atoms with van der Waals surface area (Å²) in [7, 11) is 1.24. The van der Waals surface area contributed by atoms with Crippen LogP contribution in [-0.2, 0) is 25.8 Å². The Morgan fingerprint density at radius 3 is 2.97 bits per heavy atom. The lowest BCUT2D eigenvalue weighted by atomic mass is 10.0. The number of amides is 2. The Balaban J connectivity index is 1.36. The van der Waals surface area contributed by atoms with Crippen molar-refractivity contribution in [3.8, 4) is 6.07 Å². The fraction of sp³-hybridized carbons (Fsp3) is 0.263. The minimum Gasteiger partial charge on any atom is -0.543 e. The first-order chi connectivity index (χ1) is 17.3. The summed E-state index contributed by atoms with van der Waals surface area (Å²) in [6.45, 7) is 0.185. The molecule has 0 aromatic carbocycles. The Hall–Kier alpha value is -4.01. The highest BCUT2D eigenvalue weighted by Gasteiger charge is 2.53. The summed E-state index contributed by atoms with van der Waals surface area (Å²) in [5, 5.41) is 28.7. The smallest absolute Gasteiger partial charge is 0.278 e. The van der Waals surface area contributed by atoms with Gasteiger partial charge in [0.1, 0.15) is 37.3 Å². The summed E-state index contributed by atoms with van der Waals surface area (Å²) < 4.78 is 7.38. The van der Waals surface area contributed by atoms with E-state index < -0.39 is 29.2 Å². The standard InChI is InChI=1S/C19H15N9O5S3/c1-33-24-11(14-23-19(21)36-25-14)15(29)22-12-16(30)28-13(18(31)32)8(5-35-17(12)28)3-26-4-10-27(7-26)9(2-20)6-34-10/h4,6-7,12,17H,3,5H2,1H3,(H3-,21,22,23,25,29,31,32)/b24-11-/t12-,17-/m1/s1. The van der Waals surface area contributed by atoms with Crippen molar-refractivity contribution < 1.29 is 28.9 Å². The number of carboxylic acid groups (broad SMARTS) is 1. The molecule has 0 spiro atoms. The highest BCUT2D eigenvalue weighted by molar-refractivity contribution is 8.00. The Kier molecular flexibility index (Phi) is 6.07. The summed E-state index contributed by atoms with van der Waals surface area (Å²) in [5.74, 6) is -2.63. The van der Waals surface area contributed by atoms with Gasteiger partial charge in [0.15, 0.2) is 5.13 Å². The number of hydrogen-bond donors (Lipinski definition) is 2. The summed E-state index contributed by atoms with van der Waals surface area (Å²) >= 11 is 3.56. The lowest BCUT2D eigenvalue weighted by molar-refractivity contribution is -0.687. The van der Waals surface area contributed by atoms with Gasteiger partial charge in [-0.1, -0.05) is 16.5 Å². The average molecular weight is 546 g/mol. The lowest BCUT2D eigenvalue weighted by Gasteiger charge is -2.50. The third-order valence-corrected chi connectivity index (χ3v) is 8.16. The van der Waals surface area contributed by atoms with E-state index in [4.69, 9.17) is 10.6 Å². The molecule has 184 valence electrons. The van der Waals surface area contributed by atoms with E-state index in [1.165, 1.54) is 30.2 Å². The van der Waals surface area contributed by atoms with Gasteiger partial charge < -0.3 is 25.8 Å². The molecular formula is C19H15N9O5S3. The number of thioether (sulfide) groups is 1. The molecule has 0 radical (unpaired) electrons. The van der Waals surface area contributed by atoms with Gasteiger partial charge >= 0.3 is 0 Å². The third kappa shape index (κ3) is 3.94. The average Bonchev–Trinajstić information content (AvgIpc) is 3.56. The van der Waals surface area contributed by atoms with E-state index in [-0.39, 0.29) is 34.7 Å². The molecule has 1 saturated heterocycles. The van der Waals surface area contributed by atoms with Gasteiger partial charge in [0.05, 0.1) is 17.0 Å². The van der Waals surface area contributed by atoms with E-state index in [0.29, 0.717) is 11.3 Å². The number of carboxylic acids is 1. The quantitative estimate of drug-likeness (QED) is 0.146. The maximum Gasteiger partial charge on any atom is 0.278 e. The van der Waals surface area contributed by atoms with E-state index >= 15 is 0 Å². The first kappa shape index (κ1) is 23.7. The number of fused-ring (bicyclic) bond motifs is 2. The number of oxime groups is 1. The molecule has 2 atom stereocenters. The fourth-order valence-electron chi connectivity index (χ4n) is 3.88. The third-order valence-electron chi connectivity index (χ3n) is 5.39. The number of anilines is 1. The van der Waals surface area contributed by atoms with Crippen molar-refractivity contribution in [1.29, 1.82) is 5.26 Å². The number of carbonyl (C=O) groups excluding carboxylic acids is 3. The van der Waals surface area contributed by atoms with E-state index in [1.54, 1.807) is 26.9 Å². The van der Waals surface area contributed by atoms with E-state index in [0.717, 1.165) is 21.3 Å². The topological polar surface area (TPSA) is 195 Å². The molecule has 2 amide bonds. The van der Waals surface area contributed by atoms with Crippen molar-refractivity contribution in [3.63, 3.8) is 0 Å². The van der Waals surface area contributed by atoms with Crippen molar-refractivity contribution >= 4 is 68.1 Å². The molecule has 0 aliphatic carbocycles. The number of nitrogens with zero attached hydrogens (tertiary/aromatic N) is 7. The van der Waals surface area contributed by atoms with Crippen LogP contribution in [0.15, 0.2) is 34.3 Å². The molecule has 17 heteroatoms. The fourth-order valence-corrected chi connectivity index (χ4v) is 6.50. The first-order valence-electron chi connectivity index (χ1n) is 10.1. The molecule has 14 nitrogen and oxygen atoms in total. The predicted octanol–water partition coefficient (Wildman–Crippen LogP) is -1.95. The van der Waals surface area contributed by atoms with Crippen LogP contribution < -0.4 is 20.7 Å². The van der Waals surface area contributed by atoms with Crippen molar-refractivity contribution in [2.24, 2.45) is 5.16 Å². The lowest BCUT2D eigenvalue weighted by Crippen LogP contribution is -2.71. The number of imidazole rings is 1. The van der Waals surface area contributed by atoms with Crippen LogP contribution >= 0.6 is 34.6 Å². The van der Waals surface area contributed by atoms with E-state index in [9.17, 15) is 24.8 Å². The number of β-lactam (4-membered cyclic amide) rings is 1. The summed E-state index contributed by atoms with van der Waals surface area (Å²) in [5.41, 5.74) is 6.01. The van der Waals surface area contributed by atoms with Crippen LogP contribution in [-0.4, -0.2) is 66.4 Å². The number of hydrogen-bond acceptors (Lipinski definition) is 13. The zero-order chi connectivity index (χ0) is 25.6. The van der Waals surface area contributed by atoms with Gasteiger partial charge in [0.25, 0.3) is 18.1 Å². The minimum absolute atomic E-state index is 0.0570. The monoisotopic (exact) mass is 545 g/mol. The maximum atomic E-state index is 13.0. The predicted molar refractivity (Wildman–Crippen MR) is 125 cm³/mol. The number of thiazole rings is 1. The van der Waals surface area contributed by atoms with Crippen LogP contribution in [0, 0.1) is 11.3 Å². The largest absolute Gasteiger partial charge is 0.543 e. The number of nitrogens with two attached hydrogens (primary N) is 1. The number of nitriles is 1. The Labute approximate surface area is 214 Å². The Morgan fingerprint density at radius 2 is 2.31 bits per heavy atom. The second-order valence-corrected chi connectivity index (χ2v) is 10.3. The number of aromatic nitrogens is 4. The van der Waals surface area contributed by atoms with Crippen LogP contribution in [0.5, 0.6) is 0 Å². The van der Waals surface area contributed by atoms with Crippen molar-refractivity contribution in [1.82, 2.24) is 24.0 Å². The van der Waals surface area contributed by atoms with E-state index in [1.807, 2.05) is 0 Å². The van der Waals surface area contributed by atoms with Crippen LogP contribution in [0.1, 0.15) is 11.5 Å². The molecule has 0 bridgehead atoms. The molecule has 3 aromatic rings. The van der Waals surface area contributed by atoms with Crippen LogP contribution in [0.25, 0.3) is 4.83 Å². The number of aliphatic carboxylic acids is 1. The van der Waals surface area contributed by atoms with Gasteiger partial charge in [-0.2, -0.15) is 19.0 Å². The highest BCUT2D eigenvalue weighted by atomic mass is 32.2. The van der Waals surface area contributed by atoms with Crippen molar-refractivity contribution in [3.05, 3.63) is 40.7 Å². The molecule has 2 aliphatic heterocycles. The first-order valence-corrected chi connectivity index (χ1v) is 12.8. The molecule has 3 aromatic heterocycles. The molecule has 1 fully saturated rings. The summed E-state index contributed by atoms with van der Waals surface area (Å²) in [6.07, 6.45) is 3.48. The number of rotatable bonds is 7. The van der Waals surface area contributed by atoms with Gasteiger partial charge in [0, 0.05) is 22.9 Å². The van der Waals surface area contributed by atoms with Crippen molar-refractivity contribution in [2.45, 2.75) is 18.0 Å². The van der Waals surface area contributed by atoms with Gasteiger partial charge in [-0.3, -0.25) is 14.5 Å². The molecular weight excluding hydrogens is 530 g/mol. The highest BCUT2D eigenvalue weighted by Crippen LogP contribution is 2.40. The number of nitrogen functional groups attached to an aromatic ring is 1. The minimum atomic E-state index is -1.49. The summed E-state index contributed by atoms with van der Waals surface area (Å²) in [6, 6.07) is 1.09. The van der Waals surface area contributed by atoms with Gasteiger partial charge in [-0.15, -0.1) is 11.8 Å². The second-order valence-electron chi connectivity index (χ2n) is 7.54. The van der Waals surface area contributed by atoms with Crippen LogP contribution in [0.2, 0.25) is 0 Å². The van der Waals surface area contributed by atoms with Crippen LogP contribution in [0.3, 0.4) is 0 Å². The molecule has 3 N–H and O–H groups in total. The van der Waals surface area contributed by atoms with Crippen LogP contribution in [0.4, 0.5) is 5.13 Å². The summed E-state index contributed by atoms with van der Waals surface area (Å²) in [4.78, 5) is 48.4. The molecule has 0 unspecified atom stereocenters. The van der Waals surface area contributed by atoms with Crippen molar-refractivity contribution in [2.75, 3.05) is 18.6 Å². The van der Waals surface area contributed by atoms with E-state index in [2.05, 4.69) is 25.9 Å². The molecule has 5 rings (SSSR count). The number of carbonyl (C=O) groups is 3. The van der Waals surface area contributed by atoms with Gasteiger partial charge in [-0.05, 0) is 0 Å². The normalized spacial score (nSPS) is 19.6. The molecule has 2 aliphatic rings. The zero-order valence-electron chi connectivity index (χ0n) is 18.3. The molecule has 5 heterocycles. The van der Waals surface area contributed by atoms with Gasteiger partial charge in [-0.25, -0.2) is 4.57 Å². The second kappa shape index (κ2) is 9.22. The SMILES string of the molecule is CO/N=C(\C(=O)N[C@@H]1C(=O)N2C(C(=O)[O-])=C(C[n+]3cc4scc(C#N)n4c3)CS[C@H]12)c1nsc(N)n1. The molecule has 36 heavy (non-hydrogen) atoms. The Bertz CT molecular complexity index is 1510. The zero-order valence-corrected chi connectivity index (χ0v) is 20.7. The van der Waals surface area contributed by atoms with Gasteiger partial charge in [0.2, 0.25) is 22.1 Å². The number of nitrogens with one attached hydrogen (secondary N) is 1.